The Bertz CT molecular complexity index is 904. The number of benzene rings is 1. The van der Waals surface area contributed by atoms with Gasteiger partial charge < -0.3 is 4.90 Å². The number of H-pyrrole nitrogens is 1. The van der Waals surface area contributed by atoms with E-state index in [9.17, 15) is 0 Å². The monoisotopic (exact) mass is 366 g/mol. The fraction of sp³-hybridized carbons (Fsp3) is 0.158. The Morgan fingerprint density at radius 3 is 2.92 bits per heavy atom. The lowest BCUT2D eigenvalue weighted by Gasteiger charge is -2.16. The number of halogens is 1. The molecule has 2 heterocycles. The zero-order chi connectivity index (χ0) is 18.4. The van der Waals surface area contributed by atoms with Gasteiger partial charge in [0, 0.05) is 36.6 Å². The molecule has 0 spiro atoms. The first-order chi connectivity index (χ1) is 12.7. The molecule has 0 unspecified atom stereocenters. The number of aromatic nitrogens is 4. The Morgan fingerprint density at radius 2 is 2.19 bits per heavy atom. The highest BCUT2D eigenvalue weighted by atomic mass is 35.5. The molecule has 0 atom stereocenters. The molecule has 1 N–H and O–H groups in total. The number of hydrogen-bond donors (Lipinski definition) is 1. The first-order valence-electron chi connectivity index (χ1n) is 8.12. The normalized spacial score (nSPS) is 11.4. The summed E-state index contributed by atoms with van der Waals surface area (Å²) in [5, 5.41) is 11.3. The van der Waals surface area contributed by atoms with E-state index in [0.29, 0.717) is 5.70 Å². The molecule has 0 aliphatic heterocycles. The molecule has 0 aliphatic rings. The summed E-state index contributed by atoms with van der Waals surface area (Å²) in [6.07, 6.45) is 6.16. The van der Waals surface area contributed by atoms with Crippen LogP contribution < -0.4 is 0 Å². The van der Waals surface area contributed by atoms with Crippen LogP contribution in [0.5, 0.6) is 0 Å². The van der Waals surface area contributed by atoms with Gasteiger partial charge in [-0.05, 0) is 36.9 Å². The van der Waals surface area contributed by atoms with Crippen LogP contribution in [-0.2, 0) is 6.42 Å². The van der Waals surface area contributed by atoms with E-state index in [1.165, 1.54) is 0 Å². The second-order valence-electron chi connectivity index (χ2n) is 5.78. The van der Waals surface area contributed by atoms with E-state index in [0.717, 1.165) is 40.5 Å². The summed E-state index contributed by atoms with van der Waals surface area (Å²) in [5.41, 5.74) is 4.21. The smallest absolute Gasteiger partial charge is 0.112 e. The molecule has 0 saturated carbocycles. The SMILES string of the molecule is C=N/C(=C\N(C)CCc1ccccc1Cl)c1cc(-c2cn[nH]n2)ccn1. The predicted molar refractivity (Wildman–Crippen MR) is 105 cm³/mol. The molecule has 0 saturated heterocycles. The van der Waals surface area contributed by atoms with Gasteiger partial charge in [-0.2, -0.15) is 15.4 Å². The first-order valence-corrected chi connectivity index (χ1v) is 8.50. The molecule has 0 radical (unpaired) electrons. The third kappa shape index (κ3) is 4.34. The molecular formula is C19H19ClN6. The zero-order valence-corrected chi connectivity index (χ0v) is 15.2. The summed E-state index contributed by atoms with van der Waals surface area (Å²) in [6.45, 7) is 4.47. The summed E-state index contributed by atoms with van der Waals surface area (Å²) in [6, 6.07) is 11.7. The van der Waals surface area contributed by atoms with Gasteiger partial charge >= 0.3 is 0 Å². The minimum atomic E-state index is 0.692. The second kappa shape index (κ2) is 8.40. The van der Waals surface area contributed by atoms with Crippen LogP contribution in [0.25, 0.3) is 17.0 Å². The third-order valence-corrected chi connectivity index (χ3v) is 4.31. The molecule has 6 nitrogen and oxygen atoms in total. The fourth-order valence-electron chi connectivity index (χ4n) is 2.53. The molecule has 3 aromatic rings. The molecule has 7 heteroatoms. The van der Waals surface area contributed by atoms with E-state index in [-0.39, 0.29) is 0 Å². The Balaban J connectivity index is 1.74. The van der Waals surface area contributed by atoms with Gasteiger partial charge in [0.25, 0.3) is 0 Å². The number of aliphatic imine (C=N–C) groups is 1. The lowest BCUT2D eigenvalue weighted by Crippen LogP contribution is -2.15. The number of nitrogens with zero attached hydrogens (tertiary/aromatic N) is 5. The lowest BCUT2D eigenvalue weighted by molar-refractivity contribution is 0.461. The lowest BCUT2D eigenvalue weighted by atomic mass is 10.1. The van der Waals surface area contributed by atoms with Crippen molar-refractivity contribution >= 4 is 24.0 Å². The molecular weight excluding hydrogens is 348 g/mol. The van der Waals surface area contributed by atoms with Crippen LogP contribution in [0.3, 0.4) is 0 Å². The molecule has 0 fully saturated rings. The van der Waals surface area contributed by atoms with Crippen molar-refractivity contribution in [3.05, 3.63) is 71.3 Å². The molecule has 2 aromatic heterocycles. The van der Waals surface area contributed by atoms with Crippen molar-refractivity contribution in [2.45, 2.75) is 6.42 Å². The predicted octanol–water partition coefficient (Wildman–Crippen LogP) is 3.69. The Hall–Kier alpha value is -2.99. The van der Waals surface area contributed by atoms with E-state index in [1.807, 2.05) is 49.6 Å². The van der Waals surface area contributed by atoms with Gasteiger partial charge in [-0.25, -0.2) is 0 Å². The van der Waals surface area contributed by atoms with Gasteiger partial charge in [-0.15, -0.1) is 0 Å². The molecule has 3 rings (SSSR count). The van der Waals surface area contributed by atoms with Crippen molar-refractivity contribution < 1.29 is 0 Å². The summed E-state index contributed by atoms with van der Waals surface area (Å²) in [5.74, 6) is 0. The topological polar surface area (TPSA) is 70.1 Å². The van der Waals surface area contributed by atoms with E-state index < -0.39 is 0 Å². The molecule has 1 aromatic carbocycles. The van der Waals surface area contributed by atoms with Gasteiger partial charge in [0.05, 0.1) is 11.9 Å². The minimum absolute atomic E-state index is 0.692. The highest BCUT2D eigenvalue weighted by Gasteiger charge is 2.08. The molecule has 132 valence electrons. The Labute approximate surface area is 157 Å². The van der Waals surface area contributed by atoms with Gasteiger partial charge in [0.2, 0.25) is 0 Å². The van der Waals surface area contributed by atoms with Crippen molar-refractivity contribution in [2.75, 3.05) is 13.6 Å². The molecule has 0 bridgehead atoms. The largest absolute Gasteiger partial charge is 0.378 e. The average Bonchev–Trinajstić information content (AvgIpc) is 3.20. The van der Waals surface area contributed by atoms with Crippen molar-refractivity contribution in [3.63, 3.8) is 0 Å². The molecule has 0 amide bonds. The summed E-state index contributed by atoms with van der Waals surface area (Å²) >= 11 is 6.22. The van der Waals surface area contributed by atoms with Crippen LogP contribution in [0, 0.1) is 0 Å². The van der Waals surface area contributed by atoms with Crippen LogP contribution in [-0.4, -0.2) is 45.6 Å². The average molecular weight is 367 g/mol. The number of likely N-dealkylation sites (N-methyl/N-ethyl adjacent to an activating group) is 1. The summed E-state index contributed by atoms with van der Waals surface area (Å²) < 4.78 is 0. The van der Waals surface area contributed by atoms with Gasteiger partial charge in [-0.1, -0.05) is 29.8 Å². The molecule has 0 aliphatic carbocycles. The van der Waals surface area contributed by atoms with Crippen LogP contribution >= 0.6 is 11.6 Å². The fourth-order valence-corrected chi connectivity index (χ4v) is 2.76. The summed E-state index contributed by atoms with van der Waals surface area (Å²) in [4.78, 5) is 10.6. The van der Waals surface area contributed by atoms with Gasteiger partial charge in [0.15, 0.2) is 0 Å². The minimum Gasteiger partial charge on any atom is -0.378 e. The van der Waals surface area contributed by atoms with Crippen LogP contribution in [0.4, 0.5) is 0 Å². The van der Waals surface area contributed by atoms with E-state index >= 15 is 0 Å². The zero-order valence-electron chi connectivity index (χ0n) is 14.4. The van der Waals surface area contributed by atoms with Crippen molar-refractivity contribution in [2.24, 2.45) is 4.99 Å². The number of rotatable bonds is 7. The number of nitrogens with one attached hydrogen (secondary N) is 1. The quantitative estimate of drug-likeness (QED) is 0.647. The van der Waals surface area contributed by atoms with E-state index in [1.54, 1.807) is 12.4 Å². The maximum absolute atomic E-state index is 6.22. The number of pyridine rings is 1. The Kier molecular flexibility index (Phi) is 5.76. The van der Waals surface area contributed by atoms with Gasteiger partial charge in [-0.3, -0.25) is 9.98 Å². The first kappa shape index (κ1) is 17.8. The maximum atomic E-state index is 6.22. The van der Waals surface area contributed by atoms with Crippen LogP contribution in [0.1, 0.15) is 11.3 Å². The second-order valence-corrected chi connectivity index (χ2v) is 6.19. The standard InChI is InChI=1S/C19H19ClN6/c1-21-19(13-26(2)10-8-14-5-3-4-6-16(14)20)17-11-15(7-9-22-17)18-12-23-25-24-18/h3-7,9,11-13H,1,8,10H2,2H3,(H,23,24,25)/b19-13-. The van der Waals surface area contributed by atoms with Crippen LogP contribution in [0.15, 0.2) is 60.0 Å². The Morgan fingerprint density at radius 1 is 1.35 bits per heavy atom. The number of hydrogen-bond acceptors (Lipinski definition) is 5. The highest BCUT2D eigenvalue weighted by Crippen LogP contribution is 2.21. The highest BCUT2D eigenvalue weighted by molar-refractivity contribution is 6.31. The van der Waals surface area contributed by atoms with Crippen molar-refractivity contribution in [1.82, 2.24) is 25.3 Å². The maximum Gasteiger partial charge on any atom is 0.112 e. The van der Waals surface area contributed by atoms with Crippen molar-refractivity contribution in [3.8, 4) is 11.3 Å². The third-order valence-electron chi connectivity index (χ3n) is 3.94. The molecule has 26 heavy (non-hydrogen) atoms. The van der Waals surface area contributed by atoms with Crippen LogP contribution in [0.2, 0.25) is 5.02 Å². The van der Waals surface area contributed by atoms with Gasteiger partial charge in [0.1, 0.15) is 11.4 Å². The van der Waals surface area contributed by atoms with E-state index in [2.05, 4.69) is 37.0 Å². The van der Waals surface area contributed by atoms with E-state index in [4.69, 9.17) is 11.6 Å². The summed E-state index contributed by atoms with van der Waals surface area (Å²) in [7, 11) is 1.99. The van der Waals surface area contributed by atoms with Crippen molar-refractivity contribution in [1.29, 1.82) is 0 Å². The number of aromatic amines is 1.